The molecule has 0 atom stereocenters. The van der Waals surface area contributed by atoms with Crippen molar-refractivity contribution in [3.63, 3.8) is 0 Å². The Hall–Kier alpha value is -2.59. The van der Waals surface area contributed by atoms with Crippen LogP contribution in [0.3, 0.4) is 0 Å². The highest BCUT2D eigenvalue weighted by atomic mass is 32.2. The largest absolute Gasteiger partial charge is 0.482 e. The van der Waals surface area contributed by atoms with Crippen molar-refractivity contribution < 1.29 is 27.8 Å². The van der Waals surface area contributed by atoms with Crippen molar-refractivity contribution in [3.8, 4) is 17.1 Å². The topological polar surface area (TPSA) is 72.3 Å². The number of aliphatic carboxylic acids is 1. The number of aryl methyl sites for hydroxylation is 1. The highest BCUT2D eigenvalue weighted by Gasteiger charge is 2.30. The molecule has 2 aromatic carbocycles. The average Bonchev–Trinajstić information content (AvgIpc) is 3.14. The van der Waals surface area contributed by atoms with Crippen LogP contribution in [0.5, 0.6) is 5.75 Å². The summed E-state index contributed by atoms with van der Waals surface area (Å²) in [6.45, 7) is 1.43. The second kappa shape index (κ2) is 8.83. The number of ether oxygens (including phenoxy) is 1. The zero-order chi connectivity index (χ0) is 21.0. The van der Waals surface area contributed by atoms with Gasteiger partial charge in [0.25, 0.3) is 0 Å². The van der Waals surface area contributed by atoms with Crippen LogP contribution in [0, 0.1) is 6.92 Å². The van der Waals surface area contributed by atoms with Crippen LogP contribution in [-0.2, 0) is 16.7 Å². The summed E-state index contributed by atoms with van der Waals surface area (Å²) in [6.07, 6.45) is -4.37. The second-order valence-corrected chi connectivity index (χ2v) is 7.87. The number of carbonyl (C=O) groups is 1. The van der Waals surface area contributed by atoms with Crippen molar-refractivity contribution in [1.82, 2.24) is 9.36 Å². The number of aromatic nitrogens is 2. The Labute approximate surface area is 172 Å². The standard InChI is InChI=1S/C19H15F3N2O3S2/c1-11-8-14(6-7-15(11)27-9-17(25)26)28-10-16-23-18(24-29-16)12-2-4-13(5-3-12)19(20,21)22/h2-8H,9-10H2,1H3,(H,25,26). The minimum atomic E-state index is -4.37. The number of nitrogens with zero attached hydrogens (tertiary/aromatic N) is 2. The van der Waals surface area contributed by atoms with Crippen molar-refractivity contribution in [2.75, 3.05) is 6.61 Å². The lowest BCUT2D eigenvalue weighted by molar-refractivity contribution is -0.139. The summed E-state index contributed by atoms with van der Waals surface area (Å²) in [6, 6.07) is 10.2. The fraction of sp³-hybridized carbons (Fsp3) is 0.211. The van der Waals surface area contributed by atoms with Crippen LogP contribution in [-0.4, -0.2) is 27.0 Å². The molecule has 1 heterocycles. The molecule has 0 aliphatic carbocycles. The van der Waals surface area contributed by atoms with Crippen molar-refractivity contribution in [2.24, 2.45) is 0 Å². The highest BCUT2D eigenvalue weighted by Crippen LogP contribution is 2.32. The van der Waals surface area contributed by atoms with E-state index >= 15 is 0 Å². The molecular formula is C19H15F3N2O3S2. The van der Waals surface area contributed by atoms with Crippen LogP contribution >= 0.6 is 23.3 Å². The van der Waals surface area contributed by atoms with Gasteiger partial charge >= 0.3 is 12.1 Å². The fourth-order valence-corrected chi connectivity index (χ4v) is 4.03. The molecule has 5 nitrogen and oxygen atoms in total. The Morgan fingerprint density at radius 2 is 1.93 bits per heavy atom. The molecule has 152 valence electrons. The Bertz CT molecular complexity index is 1000. The second-order valence-electron chi connectivity index (χ2n) is 5.99. The van der Waals surface area contributed by atoms with E-state index in [1.807, 2.05) is 19.1 Å². The molecule has 0 aliphatic heterocycles. The number of hydrogen-bond donors (Lipinski definition) is 1. The summed E-state index contributed by atoms with van der Waals surface area (Å²) < 4.78 is 47.4. The zero-order valence-electron chi connectivity index (χ0n) is 15.1. The number of alkyl halides is 3. The van der Waals surface area contributed by atoms with E-state index in [9.17, 15) is 18.0 Å². The van der Waals surface area contributed by atoms with Gasteiger partial charge in [0.2, 0.25) is 0 Å². The normalized spacial score (nSPS) is 11.4. The molecular weight excluding hydrogens is 425 g/mol. The molecule has 3 rings (SSSR count). The third-order valence-electron chi connectivity index (χ3n) is 3.80. The average molecular weight is 440 g/mol. The molecule has 29 heavy (non-hydrogen) atoms. The van der Waals surface area contributed by atoms with Gasteiger partial charge in [-0.05, 0) is 54.4 Å². The first-order valence-corrected chi connectivity index (χ1v) is 10.1. The Kier molecular flexibility index (Phi) is 6.43. The first-order valence-electron chi connectivity index (χ1n) is 8.30. The van der Waals surface area contributed by atoms with Crippen LogP contribution in [0.15, 0.2) is 47.4 Å². The van der Waals surface area contributed by atoms with Crippen molar-refractivity contribution >= 4 is 29.3 Å². The van der Waals surface area contributed by atoms with E-state index in [4.69, 9.17) is 9.84 Å². The van der Waals surface area contributed by atoms with Crippen molar-refractivity contribution in [1.29, 1.82) is 0 Å². The van der Waals surface area contributed by atoms with Gasteiger partial charge in [-0.1, -0.05) is 12.1 Å². The molecule has 0 bridgehead atoms. The van der Waals surface area contributed by atoms with Crippen LogP contribution in [0.25, 0.3) is 11.4 Å². The maximum Gasteiger partial charge on any atom is 0.416 e. The van der Waals surface area contributed by atoms with Crippen LogP contribution in [0.1, 0.15) is 16.1 Å². The predicted octanol–water partition coefficient (Wildman–Crippen LogP) is 5.29. The molecule has 0 radical (unpaired) electrons. The van der Waals surface area contributed by atoms with Gasteiger partial charge in [-0.3, -0.25) is 0 Å². The van der Waals surface area contributed by atoms with E-state index in [1.165, 1.54) is 35.4 Å². The third kappa shape index (κ3) is 5.70. The van der Waals surface area contributed by atoms with Gasteiger partial charge in [0, 0.05) is 10.5 Å². The molecule has 1 aromatic heterocycles. The first kappa shape index (κ1) is 21.1. The minimum absolute atomic E-state index is 0.396. The van der Waals surface area contributed by atoms with Gasteiger partial charge in [-0.2, -0.15) is 17.5 Å². The number of hydrogen-bond acceptors (Lipinski definition) is 6. The number of halogens is 3. The molecule has 3 aromatic rings. The van der Waals surface area contributed by atoms with Gasteiger partial charge in [0.15, 0.2) is 12.4 Å². The van der Waals surface area contributed by atoms with E-state index in [-0.39, 0.29) is 0 Å². The van der Waals surface area contributed by atoms with Crippen molar-refractivity contribution in [3.05, 3.63) is 58.6 Å². The number of rotatable bonds is 7. The monoisotopic (exact) mass is 440 g/mol. The van der Waals surface area contributed by atoms with Crippen LogP contribution in [0.4, 0.5) is 13.2 Å². The summed E-state index contributed by atoms with van der Waals surface area (Å²) in [5.74, 6) is 0.417. The smallest absolute Gasteiger partial charge is 0.416 e. The van der Waals surface area contributed by atoms with Crippen molar-refractivity contribution in [2.45, 2.75) is 23.7 Å². The number of benzene rings is 2. The molecule has 0 amide bonds. The molecule has 0 fully saturated rings. The molecule has 1 N–H and O–H groups in total. The van der Waals surface area contributed by atoms with E-state index in [0.717, 1.165) is 27.6 Å². The predicted molar refractivity (Wildman–Crippen MR) is 104 cm³/mol. The maximum absolute atomic E-state index is 12.7. The summed E-state index contributed by atoms with van der Waals surface area (Å²) in [5, 5.41) is 9.42. The van der Waals surface area contributed by atoms with Gasteiger partial charge < -0.3 is 9.84 Å². The van der Waals surface area contributed by atoms with E-state index < -0.39 is 24.3 Å². The number of carboxylic acids is 1. The molecule has 0 saturated carbocycles. The third-order valence-corrected chi connectivity index (χ3v) is 5.70. The van der Waals surface area contributed by atoms with Gasteiger partial charge in [-0.15, -0.1) is 11.8 Å². The van der Waals surface area contributed by atoms with Gasteiger partial charge in [0.05, 0.1) is 11.3 Å². The fourth-order valence-electron chi connectivity index (χ4n) is 2.40. The minimum Gasteiger partial charge on any atom is -0.482 e. The van der Waals surface area contributed by atoms with Crippen LogP contribution in [0.2, 0.25) is 0 Å². The van der Waals surface area contributed by atoms with Crippen LogP contribution < -0.4 is 4.74 Å². The SMILES string of the molecule is Cc1cc(SCc2nc(-c3ccc(C(F)(F)F)cc3)ns2)ccc1OCC(=O)O. The molecule has 0 aliphatic rings. The first-order chi connectivity index (χ1) is 13.7. The molecule has 0 unspecified atom stereocenters. The summed E-state index contributed by atoms with van der Waals surface area (Å²) in [7, 11) is 0. The lowest BCUT2D eigenvalue weighted by Crippen LogP contribution is -2.09. The quantitative estimate of drug-likeness (QED) is 0.504. The lowest BCUT2D eigenvalue weighted by atomic mass is 10.1. The molecule has 0 saturated heterocycles. The summed E-state index contributed by atoms with van der Waals surface area (Å²) >= 11 is 2.72. The molecule has 10 heteroatoms. The van der Waals surface area contributed by atoms with Gasteiger partial charge in [0.1, 0.15) is 10.8 Å². The summed E-state index contributed by atoms with van der Waals surface area (Å²) in [5.41, 5.74) is 0.638. The number of carboxylic acid groups (broad SMARTS) is 1. The Morgan fingerprint density at radius 3 is 2.55 bits per heavy atom. The van der Waals surface area contributed by atoms with Gasteiger partial charge in [-0.25, -0.2) is 9.78 Å². The van der Waals surface area contributed by atoms with E-state index in [2.05, 4.69) is 9.36 Å². The Morgan fingerprint density at radius 1 is 1.21 bits per heavy atom. The van der Waals surface area contributed by atoms with E-state index in [0.29, 0.717) is 22.9 Å². The molecule has 0 spiro atoms. The lowest BCUT2D eigenvalue weighted by Gasteiger charge is -2.08. The highest BCUT2D eigenvalue weighted by molar-refractivity contribution is 7.98. The summed E-state index contributed by atoms with van der Waals surface area (Å²) in [4.78, 5) is 15.9. The zero-order valence-corrected chi connectivity index (χ0v) is 16.7. The maximum atomic E-state index is 12.7. The van der Waals surface area contributed by atoms with E-state index in [1.54, 1.807) is 6.07 Å². The Balaban J connectivity index is 1.62. The number of thioether (sulfide) groups is 1.